The number of alkyl halides is 3. The Morgan fingerprint density at radius 2 is 1.64 bits per heavy atom. The maximum absolute atomic E-state index is 14.2. The highest BCUT2D eigenvalue weighted by Crippen LogP contribution is 2.25. The molecule has 0 bridgehead atoms. The molecule has 0 saturated carbocycles. The molecule has 0 atom stereocenters. The highest BCUT2D eigenvalue weighted by Gasteiger charge is 2.31. The maximum Gasteiger partial charge on any atom is 0.573 e. The van der Waals surface area contributed by atoms with Crippen LogP contribution in [-0.2, 0) is 9.53 Å². The van der Waals surface area contributed by atoms with E-state index < -0.39 is 41.6 Å². The third-order valence-electron chi connectivity index (χ3n) is 5.49. The number of nitrogens with one attached hydrogen (secondary N) is 2. The summed E-state index contributed by atoms with van der Waals surface area (Å²) in [4.78, 5) is 32.5. The van der Waals surface area contributed by atoms with E-state index in [0.717, 1.165) is 36.0 Å². The summed E-state index contributed by atoms with van der Waals surface area (Å²) >= 11 is 0.748. The fourth-order valence-corrected chi connectivity index (χ4v) is 4.01. The number of carbonyl (C=O) groups excluding carboxylic acids is 2. The van der Waals surface area contributed by atoms with Crippen molar-refractivity contribution < 1.29 is 41.0 Å². The van der Waals surface area contributed by atoms with Crippen molar-refractivity contribution in [2.75, 3.05) is 16.6 Å². The molecule has 16 heteroatoms. The van der Waals surface area contributed by atoms with Crippen molar-refractivity contribution >= 4 is 40.3 Å². The normalized spacial score (nSPS) is 11.8. The van der Waals surface area contributed by atoms with Gasteiger partial charge in [-0.2, -0.15) is 4.99 Å². The molecule has 0 unspecified atom stereocenters. The Kier molecular flexibility index (Phi) is 10.2. The predicted octanol–water partition coefficient (Wildman–Crippen LogP) is 7.00. The number of ether oxygens (including phenoxy) is 2. The monoisotopic (exact) mass is 634 g/mol. The van der Waals surface area contributed by atoms with Crippen molar-refractivity contribution in [2.45, 2.75) is 20.2 Å². The fourth-order valence-electron chi connectivity index (χ4n) is 3.40. The number of rotatable bonds is 8. The van der Waals surface area contributed by atoms with Crippen molar-refractivity contribution in [3.05, 3.63) is 84.7 Å². The standard InChI is InChI=1S/C28H23F5N6O4S/c1-16(2)25(40)42-15-44-27(36-23-21(29)4-3-5-22(23)30)37-26(41)35-18-8-6-17(7-9-18)24-34-14-39(38-24)19-10-12-20(13-11-19)43-28(31,32)33/h3-14,16H,15H2,1-2H3,(H2,35,36,37,41). The summed E-state index contributed by atoms with van der Waals surface area (Å²) in [6.45, 7) is 3.27. The van der Waals surface area contributed by atoms with E-state index in [1.54, 1.807) is 26.0 Å². The SMILES string of the molecule is CC(C)C(=O)OCS/C(=N/C(=O)Nc1ccc(-c2ncn(-c3ccc(OC(F)(F)F)cc3)n2)cc1)Nc1c(F)cccc1F. The van der Waals surface area contributed by atoms with Gasteiger partial charge in [-0.1, -0.05) is 19.9 Å². The van der Waals surface area contributed by atoms with Crippen LogP contribution in [0.15, 0.2) is 78.0 Å². The van der Waals surface area contributed by atoms with Crippen LogP contribution in [-0.4, -0.2) is 44.2 Å². The molecule has 0 aliphatic carbocycles. The quantitative estimate of drug-likeness (QED) is 0.0699. The molecular weight excluding hydrogens is 611 g/mol. The first kappa shape index (κ1) is 31.9. The zero-order valence-corrected chi connectivity index (χ0v) is 23.7. The Balaban J connectivity index is 1.43. The van der Waals surface area contributed by atoms with Gasteiger partial charge in [0.05, 0.1) is 11.6 Å². The van der Waals surface area contributed by atoms with Crippen LogP contribution in [0.4, 0.5) is 38.1 Å². The van der Waals surface area contributed by atoms with Crippen molar-refractivity contribution in [3.63, 3.8) is 0 Å². The van der Waals surface area contributed by atoms with E-state index in [9.17, 15) is 31.5 Å². The Labute approximate surface area is 251 Å². The molecule has 2 N–H and O–H groups in total. The minimum atomic E-state index is -4.80. The summed E-state index contributed by atoms with van der Waals surface area (Å²) in [6.07, 6.45) is -3.43. The van der Waals surface area contributed by atoms with E-state index in [4.69, 9.17) is 4.74 Å². The molecular formula is C28H23F5N6O4S. The van der Waals surface area contributed by atoms with Crippen LogP contribution in [0, 0.1) is 17.6 Å². The summed E-state index contributed by atoms with van der Waals surface area (Å²) < 4.78 is 75.8. The second-order valence-electron chi connectivity index (χ2n) is 9.08. The van der Waals surface area contributed by atoms with Crippen molar-refractivity contribution in [1.82, 2.24) is 14.8 Å². The van der Waals surface area contributed by atoms with Crippen molar-refractivity contribution in [2.24, 2.45) is 10.9 Å². The lowest BCUT2D eigenvalue weighted by Gasteiger charge is -2.12. The molecule has 4 aromatic rings. The third kappa shape index (κ3) is 9.00. The second kappa shape index (κ2) is 14.0. The van der Waals surface area contributed by atoms with E-state index in [1.165, 1.54) is 41.3 Å². The Morgan fingerprint density at radius 3 is 2.25 bits per heavy atom. The van der Waals surface area contributed by atoms with Crippen molar-refractivity contribution in [3.8, 4) is 22.8 Å². The molecule has 0 aliphatic rings. The molecule has 0 saturated heterocycles. The number of nitrogens with zero attached hydrogens (tertiary/aromatic N) is 4. The average Bonchev–Trinajstić information content (AvgIpc) is 3.45. The molecule has 0 aliphatic heterocycles. The van der Waals surface area contributed by atoms with Gasteiger partial charge in [0.2, 0.25) is 0 Å². The number of benzene rings is 3. The number of esters is 1. The fraction of sp³-hybridized carbons (Fsp3) is 0.179. The number of anilines is 2. The Hall–Kier alpha value is -4.99. The number of thioether (sulfide) groups is 1. The lowest BCUT2D eigenvalue weighted by atomic mass is 10.2. The first-order valence-electron chi connectivity index (χ1n) is 12.7. The molecule has 230 valence electrons. The largest absolute Gasteiger partial charge is 0.573 e. The molecule has 1 aromatic heterocycles. The summed E-state index contributed by atoms with van der Waals surface area (Å²) in [7, 11) is 0. The van der Waals surface area contributed by atoms with Gasteiger partial charge in [-0.25, -0.2) is 23.2 Å². The maximum atomic E-state index is 14.2. The first-order valence-corrected chi connectivity index (χ1v) is 13.6. The van der Waals surface area contributed by atoms with Crippen molar-refractivity contribution in [1.29, 1.82) is 0 Å². The average molecular weight is 635 g/mol. The molecule has 44 heavy (non-hydrogen) atoms. The number of aromatic nitrogens is 3. The number of halogens is 5. The van der Waals surface area contributed by atoms with Gasteiger partial charge in [0, 0.05) is 11.3 Å². The summed E-state index contributed by atoms with van der Waals surface area (Å²) in [5.41, 5.74) is 0.775. The van der Waals surface area contributed by atoms with Gasteiger partial charge in [-0.3, -0.25) is 4.79 Å². The number of amides is 2. The molecule has 1 heterocycles. The van der Waals surface area contributed by atoms with Crippen LogP contribution in [0.3, 0.4) is 0 Å². The third-order valence-corrected chi connectivity index (χ3v) is 6.19. The first-order chi connectivity index (χ1) is 20.9. The highest BCUT2D eigenvalue weighted by atomic mass is 32.2. The van der Waals surface area contributed by atoms with Gasteiger partial charge in [-0.15, -0.1) is 18.3 Å². The lowest BCUT2D eigenvalue weighted by molar-refractivity contribution is -0.274. The molecule has 4 rings (SSSR count). The van der Waals surface area contributed by atoms with Gasteiger partial charge < -0.3 is 20.1 Å². The van der Waals surface area contributed by atoms with Gasteiger partial charge in [0.15, 0.2) is 11.0 Å². The predicted molar refractivity (Wildman–Crippen MR) is 153 cm³/mol. The Bertz CT molecular complexity index is 1620. The van der Waals surface area contributed by atoms with E-state index in [0.29, 0.717) is 22.8 Å². The number of hydrogen-bond donors (Lipinski definition) is 2. The van der Waals surface area contributed by atoms with E-state index >= 15 is 0 Å². The summed E-state index contributed by atoms with van der Waals surface area (Å²) in [5, 5.41) is 9.04. The van der Waals surface area contributed by atoms with Crippen LogP contribution < -0.4 is 15.4 Å². The number of urea groups is 1. The van der Waals surface area contributed by atoms with Crippen LogP contribution >= 0.6 is 11.8 Å². The molecule has 10 nitrogen and oxygen atoms in total. The lowest BCUT2D eigenvalue weighted by Crippen LogP contribution is -2.18. The second-order valence-corrected chi connectivity index (χ2v) is 9.99. The molecule has 0 spiro atoms. The summed E-state index contributed by atoms with van der Waals surface area (Å²) in [5.74, 6) is -3.11. The number of aliphatic imine (C=N–C) groups is 1. The van der Waals surface area contributed by atoms with E-state index in [1.807, 2.05) is 0 Å². The van der Waals surface area contributed by atoms with Gasteiger partial charge in [0.1, 0.15) is 35.3 Å². The van der Waals surface area contributed by atoms with Gasteiger partial charge in [0.25, 0.3) is 0 Å². The van der Waals surface area contributed by atoms with Crippen LogP contribution in [0.25, 0.3) is 17.1 Å². The van der Waals surface area contributed by atoms with Crippen LogP contribution in [0.5, 0.6) is 5.75 Å². The zero-order chi connectivity index (χ0) is 31.9. The molecule has 0 fully saturated rings. The zero-order valence-electron chi connectivity index (χ0n) is 22.9. The number of carbonyl (C=O) groups is 2. The van der Waals surface area contributed by atoms with Crippen LogP contribution in [0.1, 0.15) is 13.8 Å². The highest BCUT2D eigenvalue weighted by molar-refractivity contribution is 8.14. The van der Waals surface area contributed by atoms with Crippen LogP contribution in [0.2, 0.25) is 0 Å². The van der Waals surface area contributed by atoms with E-state index in [-0.39, 0.29) is 16.9 Å². The van der Waals surface area contributed by atoms with E-state index in [2.05, 4.69) is 30.4 Å². The molecule has 2 amide bonds. The number of amidine groups is 1. The summed E-state index contributed by atoms with van der Waals surface area (Å²) in [6, 6.07) is 13.7. The molecule has 3 aromatic carbocycles. The number of hydrogen-bond acceptors (Lipinski definition) is 7. The molecule has 0 radical (unpaired) electrons. The Morgan fingerprint density at radius 1 is 0.977 bits per heavy atom. The van der Waals surface area contributed by atoms with Gasteiger partial charge in [-0.05, 0) is 72.4 Å². The minimum absolute atomic E-state index is 0.229. The minimum Gasteiger partial charge on any atom is -0.454 e. The topological polar surface area (TPSA) is 120 Å². The van der Waals surface area contributed by atoms with Gasteiger partial charge >= 0.3 is 18.4 Å². The number of para-hydroxylation sites is 1. The smallest absolute Gasteiger partial charge is 0.454 e.